The highest BCUT2D eigenvalue weighted by Gasteiger charge is 2.30. The zero-order chi connectivity index (χ0) is 14.8. The molecule has 1 aromatic rings. The minimum Gasteiger partial charge on any atom is -0.475 e. The van der Waals surface area contributed by atoms with Crippen LogP contribution in [0.1, 0.15) is 42.7 Å². The molecule has 0 unspecified atom stereocenters. The first-order chi connectivity index (χ1) is 9.43. The van der Waals surface area contributed by atoms with Gasteiger partial charge in [0.25, 0.3) is 0 Å². The number of hydrogen-bond acceptors (Lipinski definition) is 4. The fraction of sp³-hybridized carbons (Fsp3) is 0.583. The van der Waals surface area contributed by atoms with Crippen LogP contribution in [0, 0.1) is 0 Å². The molecule has 6 nitrogen and oxygen atoms in total. The maximum atomic E-state index is 12.6. The van der Waals surface area contributed by atoms with Crippen molar-refractivity contribution in [3.05, 3.63) is 16.5 Å². The lowest BCUT2D eigenvalue weighted by Gasteiger charge is -2.23. The normalized spacial score (nSPS) is 18.4. The van der Waals surface area contributed by atoms with Crippen molar-refractivity contribution in [1.29, 1.82) is 0 Å². The summed E-state index contributed by atoms with van der Waals surface area (Å²) in [5.74, 6) is -1.68. The number of nitrogens with zero attached hydrogens (tertiary/aromatic N) is 1. The summed E-state index contributed by atoms with van der Waals surface area (Å²) in [7, 11) is -3.72. The molecule has 0 spiro atoms. The lowest BCUT2D eigenvalue weighted by Crippen LogP contribution is -2.33. The molecule has 0 saturated carbocycles. The molecule has 1 aliphatic heterocycles. The lowest BCUT2D eigenvalue weighted by atomic mass is 10.1. The van der Waals surface area contributed by atoms with E-state index in [4.69, 9.17) is 9.52 Å². The molecule has 0 atom stereocenters. The van der Waals surface area contributed by atoms with Crippen LogP contribution in [0.5, 0.6) is 0 Å². The van der Waals surface area contributed by atoms with Crippen molar-refractivity contribution in [1.82, 2.24) is 4.31 Å². The van der Waals surface area contributed by atoms with E-state index in [2.05, 4.69) is 15.9 Å². The molecule has 112 valence electrons. The Morgan fingerprint density at radius 1 is 1.20 bits per heavy atom. The third-order valence-electron chi connectivity index (χ3n) is 3.30. The molecule has 8 heteroatoms. The third-order valence-corrected chi connectivity index (χ3v) is 6.05. The van der Waals surface area contributed by atoms with Gasteiger partial charge in [-0.1, -0.05) is 19.3 Å². The molecule has 1 saturated heterocycles. The summed E-state index contributed by atoms with van der Waals surface area (Å²) in [6, 6.07) is 1.06. The van der Waals surface area contributed by atoms with E-state index >= 15 is 0 Å². The molecular weight excluding hydrogens is 350 g/mol. The SMILES string of the molecule is O=C(O)c1cc(S(=O)(=O)N2CCCCCCC2)c(Br)o1. The van der Waals surface area contributed by atoms with E-state index in [-0.39, 0.29) is 15.3 Å². The van der Waals surface area contributed by atoms with E-state index in [1.807, 2.05) is 0 Å². The minimum absolute atomic E-state index is 0.0584. The Morgan fingerprint density at radius 2 is 1.75 bits per heavy atom. The Hall–Kier alpha value is -0.860. The largest absolute Gasteiger partial charge is 0.475 e. The van der Waals surface area contributed by atoms with Gasteiger partial charge in [-0.2, -0.15) is 4.31 Å². The van der Waals surface area contributed by atoms with Crippen LogP contribution in [0.2, 0.25) is 0 Å². The van der Waals surface area contributed by atoms with Crippen molar-refractivity contribution in [2.75, 3.05) is 13.1 Å². The average Bonchev–Trinajstić information content (AvgIpc) is 2.71. The van der Waals surface area contributed by atoms with Crippen LogP contribution in [0.4, 0.5) is 0 Å². The van der Waals surface area contributed by atoms with E-state index in [0.717, 1.165) is 38.2 Å². The van der Waals surface area contributed by atoms with E-state index in [1.165, 1.54) is 4.31 Å². The monoisotopic (exact) mass is 365 g/mol. The number of aromatic carboxylic acids is 1. The lowest BCUT2D eigenvalue weighted by molar-refractivity contribution is 0.0661. The molecule has 0 radical (unpaired) electrons. The van der Waals surface area contributed by atoms with Crippen LogP contribution in [-0.4, -0.2) is 36.9 Å². The number of carboxylic acids is 1. The maximum Gasteiger partial charge on any atom is 0.371 e. The van der Waals surface area contributed by atoms with Gasteiger partial charge in [0.1, 0.15) is 4.90 Å². The van der Waals surface area contributed by atoms with Gasteiger partial charge >= 0.3 is 5.97 Å². The van der Waals surface area contributed by atoms with Crippen molar-refractivity contribution in [3.63, 3.8) is 0 Å². The highest BCUT2D eigenvalue weighted by molar-refractivity contribution is 9.10. The minimum atomic E-state index is -3.72. The van der Waals surface area contributed by atoms with Crippen LogP contribution < -0.4 is 0 Å². The van der Waals surface area contributed by atoms with Gasteiger partial charge in [0.15, 0.2) is 4.67 Å². The first kappa shape index (κ1) is 15.5. The average molecular weight is 366 g/mol. The summed E-state index contributed by atoms with van der Waals surface area (Å²) in [6.45, 7) is 0.921. The molecule has 0 bridgehead atoms. The van der Waals surface area contributed by atoms with E-state index in [0.29, 0.717) is 13.1 Å². The summed E-state index contributed by atoms with van der Waals surface area (Å²) < 4.78 is 31.4. The molecule has 0 amide bonds. The second-order valence-corrected chi connectivity index (χ2v) is 7.35. The molecule has 2 rings (SSSR count). The summed E-state index contributed by atoms with van der Waals surface area (Å²) in [4.78, 5) is 10.7. The number of hydrogen-bond donors (Lipinski definition) is 1. The number of furan rings is 1. The van der Waals surface area contributed by atoms with Crippen LogP contribution in [0.15, 0.2) is 20.0 Å². The molecule has 1 fully saturated rings. The number of halogens is 1. The number of carbonyl (C=O) groups is 1. The van der Waals surface area contributed by atoms with Gasteiger partial charge in [-0.25, -0.2) is 13.2 Å². The van der Waals surface area contributed by atoms with Gasteiger partial charge in [-0.3, -0.25) is 0 Å². The second kappa shape index (κ2) is 6.28. The van der Waals surface area contributed by atoms with Crippen molar-refractivity contribution in [3.8, 4) is 0 Å². The van der Waals surface area contributed by atoms with Crippen molar-refractivity contribution >= 4 is 31.9 Å². The van der Waals surface area contributed by atoms with E-state index in [1.54, 1.807) is 0 Å². The topological polar surface area (TPSA) is 87.8 Å². The summed E-state index contributed by atoms with van der Waals surface area (Å²) in [5, 5.41) is 8.86. The number of rotatable bonds is 3. The molecule has 1 N–H and O–H groups in total. The van der Waals surface area contributed by atoms with Gasteiger partial charge in [0.2, 0.25) is 15.8 Å². The molecule has 1 aliphatic rings. The molecular formula is C12H16BrNO5S. The number of sulfonamides is 1. The third kappa shape index (κ3) is 3.24. The van der Waals surface area contributed by atoms with Gasteiger partial charge in [0, 0.05) is 19.2 Å². The Bertz CT molecular complexity index is 587. The quantitative estimate of drug-likeness (QED) is 0.889. The highest BCUT2D eigenvalue weighted by Crippen LogP contribution is 2.29. The van der Waals surface area contributed by atoms with Gasteiger partial charge in [-0.15, -0.1) is 0 Å². The Kier molecular flexibility index (Phi) is 4.87. The fourth-order valence-corrected chi connectivity index (χ4v) is 4.65. The van der Waals surface area contributed by atoms with Crippen molar-refractivity contribution in [2.24, 2.45) is 0 Å². The smallest absolute Gasteiger partial charge is 0.371 e. The van der Waals surface area contributed by atoms with E-state index < -0.39 is 16.0 Å². The second-order valence-electron chi connectivity index (χ2n) is 4.73. The van der Waals surface area contributed by atoms with Crippen LogP contribution in [0.3, 0.4) is 0 Å². The molecule has 1 aromatic heterocycles. The summed E-state index contributed by atoms with van der Waals surface area (Å²) in [5.41, 5.74) is 0. The van der Waals surface area contributed by atoms with Crippen LogP contribution in [0.25, 0.3) is 0 Å². The zero-order valence-corrected chi connectivity index (χ0v) is 13.2. The van der Waals surface area contributed by atoms with Crippen LogP contribution in [-0.2, 0) is 10.0 Å². The molecule has 20 heavy (non-hydrogen) atoms. The maximum absolute atomic E-state index is 12.6. The fourth-order valence-electron chi connectivity index (χ4n) is 2.23. The molecule has 0 aromatic carbocycles. The van der Waals surface area contributed by atoms with Crippen molar-refractivity contribution < 1.29 is 22.7 Å². The van der Waals surface area contributed by atoms with E-state index in [9.17, 15) is 13.2 Å². The first-order valence-electron chi connectivity index (χ1n) is 6.45. The predicted octanol–water partition coefficient (Wildman–Crippen LogP) is 2.70. The molecule has 2 heterocycles. The Balaban J connectivity index is 2.30. The summed E-state index contributed by atoms with van der Waals surface area (Å²) in [6.07, 6.45) is 4.80. The van der Waals surface area contributed by atoms with Gasteiger partial charge in [0.05, 0.1) is 0 Å². The molecule has 0 aliphatic carbocycles. The summed E-state index contributed by atoms with van der Waals surface area (Å²) >= 11 is 2.99. The van der Waals surface area contributed by atoms with Crippen LogP contribution >= 0.6 is 15.9 Å². The van der Waals surface area contributed by atoms with Gasteiger partial charge < -0.3 is 9.52 Å². The Morgan fingerprint density at radius 3 is 2.25 bits per heavy atom. The highest BCUT2D eigenvalue weighted by atomic mass is 79.9. The first-order valence-corrected chi connectivity index (χ1v) is 8.69. The van der Waals surface area contributed by atoms with Crippen molar-refractivity contribution in [2.45, 2.75) is 37.0 Å². The zero-order valence-electron chi connectivity index (χ0n) is 10.8. The predicted molar refractivity (Wildman–Crippen MR) is 75.2 cm³/mol. The standard InChI is InChI=1S/C12H16BrNO5S/c13-11-10(8-9(19-11)12(15)16)20(17,18)14-6-4-2-1-3-5-7-14/h8H,1-7H2,(H,15,16). The number of carboxylic acid groups (broad SMARTS) is 1. The van der Waals surface area contributed by atoms with Gasteiger partial charge in [-0.05, 0) is 28.8 Å². The Labute approximate surface area is 125 Å².